The minimum Gasteiger partial charge on any atom is -0.254 e. The molecule has 1 heterocycles. The number of halogens is 2. The topological polar surface area (TPSA) is 12.9 Å². The summed E-state index contributed by atoms with van der Waals surface area (Å²) in [7, 11) is 0. The van der Waals surface area contributed by atoms with Gasteiger partial charge in [-0.15, -0.1) is 0 Å². The van der Waals surface area contributed by atoms with Crippen molar-refractivity contribution < 1.29 is 8.78 Å². The molecule has 2 rings (SSSR count). The van der Waals surface area contributed by atoms with Gasteiger partial charge in [-0.1, -0.05) is 24.3 Å². The fraction of sp³-hybridized carbons (Fsp3) is 0.182. The smallest absolute Gasteiger partial charge is 0.254 e. The lowest BCUT2D eigenvalue weighted by Crippen LogP contribution is -2.10. The molecule has 0 fully saturated rings. The van der Waals surface area contributed by atoms with E-state index in [0.717, 1.165) is 6.92 Å². The second kappa shape index (κ2) is 3.01. The Hall–Kier alpha value is -1.51. The first kappa shape index (κ1) is 9.06. The van der Waals surface area contributed by atoms with E-state index in [2.05, 4.69) is 11.1 Å². The molecule has 0 amide bonds. The quantitative estimate of drug-likeness (QED) is 0.676. The Labute approximate surface area is 80.4 Å². The highest BCUT2D eigenvalue weighted by Crippen LogP contribution is 2.30. The summed E-state index contributed by atoms with van der Waals surface area (Å²) in [6, 6.07) is 9.70. The van der Waals surface area contributed by atoms with Gasteiger partial charge in [0, 0.05) is 24.6 Å². The van der Waals surface area contributed by atoms with E-state index < -0.39 is 5.92 Å². The van der Waals surface area contributed by atoms with Gasteiger partial charge in [-0.2, -0.15) is 8.78 Å². The lowest BCUT2D eigenvalue weighted by atomic mass is 10.1. The van der Waals surface area contributed by atoms with Gasteiger partial charge in [0.25, 0.3) is 5.92 Å². The van der Waals surface area contributed by atoms with Gasteiger partial charge in [0.05, 0.1) is 0 Å². The molecule has 0 saturated carbocycles. The van der Waals surface area contributed by atoms with Crippen LogP contribution in [0, 0.1) is 6.07 Å². The van der Waals surface area contributed by atoms with Gasteiger partial charge in [0.1, 0.15) is 5.69 Å². The van der Waals surface area contributed by atoms with Gasteiger partial charge in [0.2, 0.25) is 0 Å². The average Bonchev–Trinajstić information content (AvgIpc) is 2.15. The first-order valence-electron chi connectivity index (χ1n) is 4.23. The normalized spacial score (nSPS) is 11.9. The molecule has 3 heteroatoms. The van der Waals surface area contributed by atoms with Crippen molar-refractivity contribution in [1.29, 1.82) is 0 Å². The molecular weight excluding hydrogens is 184 g/mol. The fourth-order valence-corrected chi connectivity index (χ4v) is 1.40. The molecule has 0 aliphatic carbocycles. The molecule has 0 unspecified atom stereocenters. The predicted octanol–water partition coefficient (Wildman–Crippen LogP) is 3.15. The Kier molecular flexibility index (Phi) is 1.95. The summed E-state index contributed by atoms with van der Waals surface area (Å²) in [6.45, 7) is 0.849. The van der Waals surface area contributed by atoms with Gasteiger partial charge in [-0.05, 0) is 5.39 Å². The molecule has 2 aromatic rings. The van der Waals surface area contributed by atoms with E-state index in [-0.39, 0.29) is 5.69 Å². The van der Waals surface area contributed by atoms with Gasteiger partial charge in [-0.3, -0.25) is 4.98 Å². The zero-order valence-electron chi connectivity index (χ0n) is 7.59. The molecule has 71 valence electrons. The Morgan fingerprint density at radius 2 is 2.00 bits per heavy atom. The largest absolute Gasteiger partial charge is 0.287 e. The van der Waals surface area contributed by atoms with Crippen LogP contribution >= 0.6 is 0 Å². The molecular formula is C11H8F2N. The Morgan fingerprint density at radius 1 is 1.29 bits per heavy atom. The summed E-state index contributed by atoms with van der Waals surface area (Å²) in [5.41, 5.74) is -0.188. The fourth-order valence-electron chi connectivity index (χ4n) is 1.40. The van der Waals surface area contributed by atoms with E-state index >= 15 is 0 Å². The third-order valence-electron chi connectivity index (χ3n) is 2.01. The van der Waals surface area contributed by atoms with Crippen LogP contribution in [0.5, 0.6) is 0 Å². The summed E-state index contributed by atoms with van der Waals surface area (Å²) in [5, 5.41) is 1.13. The maximum absolute atomic E-state index is 13.1. The van der Waals surface area contributed by atoms with E-state index in [0.29, 0.717) is 10.8 Å². The summed E-state index contributed by atoms with van der Waals surface area (Å²) in [6.07, 6.45) is 1.29. The zero-order chi connectivity index (χ0) is 10.2. The molecule has 1 radical (unpaired) electrons. The number of hydrogen-bond donors (Lipinski definition) is 0. The lowest BCUT2D eigenvalue weighted by molar-refractivity contribution is 0.0145. The van der Waals surface area contributed by atoms with Crippen LogP contribution in [0.15, 0.2) is 30.5 Å². The van der Waals surface area contributed by atoms with E-state index in [1.165, 1.54) is 6.20 Å². The van der Waals surface area contributed by atoms with Crippen LogP contribution in [-0.2, 0) is 5.92 Å². The van der Waals surface area contributed by atoms with Gasteiger partial charge in [-0.25, -0.2) is 0 Å². The number of rotatable bonds is 1. The Balaban J connectivity index is 2.78. The molecule has 0 saturated heterocycles. The number of benzene rings is 1. The van der Waals surface area contributed by atoms with Crippen LogP contribution in [0.4, 0.5) is 8.78 Å². The number of pyridine rings is 1. The monoisotopic (exact) mass is 192 g/mol. The SMILES string of the molecule is CC(F)(F)c1nc[c]c2ccccc12. The highest BCUT2D eigenvalue weighted by molar-refractivity contribution is 5.84. The van der Waals surface area contributed by atoms with Crippen LogP contribution in [0.3, 0.4) is 0 Å². The summed E-state index contributed by atoms with van der Waals surface area (Å²) in [4.78, 5) is 3.67. The molecule has 0 spiro atoms. The summed E-state index contributed by atoms with van der Waals surface area (Å²) >= 11 is 0. The molecule has 1 aromatic carbocycles. The first-order valence-corrected chi connectivity index (χ1v) is 4.23. The number of alkyl halides is 2. The third-order valence-corrected chi connectivity index (χ3v) is 2.01. The van der Waals surface area contributed by atoms with Crippen LogP contribution < -0.4 is 0 Å². The molecule has 0 bridgehead atoms. The summed E-state index contributed by atoms with van der Waals surface area (Å²) < 4.78 is 26.2. The van der Waals surface area contributed by atoms with E-state index in [9.17, 15) is 8.78 Å². The molecule has 0 atom stereocenters. The van der Waals surface area contributed by atoms with Gasteiger partial charge in [0.15, 0.2) is 0 Å². The lowest BCUT2D eigenvalue weighted by Gasteiger charge is -2.11. The van der Waals surface area contributed by atoms with Crippen LogP contribution in [-0.4, -0.2) is 4.98 Å². The number of nitrogens with zero attached hydrogens (tertiary/aromatic N) is 1. The van der Waals surface area contributed by atoms with Crippen molar-refractivity contribution in [3.8, 4) is 0 Å². The Morgan fingerprint density at radius 3 is 2.71 bits per heavy atom. The molecule has 1 aromatic heterocycles. The molecule has 0 aliphatic heterocycles. The predicted molar refractivity (Wildman–Crippen MR) is 50.1 cm³/mol. The van der Waals surface area contributed by atoms with Crippen molar-refractivity contribution >= 4 is 10.8 Å². The highest BCUT2D eigenvalue weighted by Gasteiger charge is 2.27. The average molecular weight is 192 g/mol. The standard InChI is InChI=1S/C11H8F2N/c1-11(12,13)10-9-5-3-2-4-8(9)6-7-14-10/h2-5,7H,1H3. The van der Waals surface area contributed by atoms with Gasteiger partial charge >= 0.3 is 0 Å². The van der Waals surface area contributed by atoms with E-state index in [4.69, 9.17) is 0 Å². The third kappa shape index (κ3) is 1.45. The maximum atomic E-state index is 13.1. The molecule has 0 N–H and O–H groups in total. The minimum atomic E-state index is -2.91. The summed E-state index contributed by atoms with van der Waals surface area (Å²) in [5.74, 6) is -2.91. The molecule has 0 aliphatic rings. The zero-order valence-corrected chi connectivity index (χ0v) is 7.59. The van der Waals surface area contributed by atoms with Crippen LogP contribution in [0.2, 0.25) is 0 Å². The molecule has 14 heavy (non-hydrogen) atoms. The minimum absolute atomic E-state index is 0.188. The van der Waals surface area contributed by atoms with Crippen LogP contribution in [0.1, 0.15) is 12.6 Å². The van der Waals surface area contributed by atoms with Crippen molar-refractivity contribution in [2.75, 3.05) is 0 Å². The van der Waals surface area contributed by atoms with Gasteiger partial charge < -0.3 is 0 Å². The number of fused-ring (bicyclic) bond motifs is 1. The first-order chi connectivity index (χ1) is 6.59. The number of hydrogen-bond acceptors (Lipinski definition) is 1. The number of aromatic nitrogens is 1. The molecule has 1 nitrogen and oxygen atoms in total. The van der Waals surface area contributed by atoms with E-state index in [1.54, 1.807) is 24.3 Å². The van der Waals surface area contributed by atoms with Crippen molar-refractivity contribution in [1.82, 2.24) is 4.98 Å². The van der Waals surface area contributed by atoms with Crippen molar-refractivity contribution in [3.05, 3.63) is 42.2 Å². The highest BCUT2D eigenvalue weighted by atomic mass is 19.3. The second-order valence-electron chi connectivity index (χ2n) is 3.19. The van der Waals surface area contributed by atoms with Crippen molar-refractivity contribution in [2.24, 2.45) is 0 Å². The second-order valence-corrected chi connectivity index (χ2v) is 3.19. The Bertz CT molecular complexity index is 455. The van der Waals surface area contributed by atoms with Crippen molar-refractivity contribution in [3.63, 3.8) is 0 Å². The van der Waals surface area contributed by atoms with Crippen molar-refractivity contribution in [2.45, 2.75) is 12.8 Å². The van der Waals surface area contributed by atoms with E-state index in [1.807, 2.05) is 0 Å². The maximum Gasteiger partial charge on any atom is 0.287 e. The van der Waals surface area contributed by atoms with Crippen LogP contribution in [0.25, 0.3) is 10.8 Å².